The molecule has 0 heterocycles. The summed E-state index contributed by atoms with van der Waals surface area (Å²) >= 11 is 0. The van der Waals surface area contributed by atoms with Gasteiger partial charge in [0.05, 0.1) is 17.0 Å². The summed E-state index contributed by atoms with van der Waals surface area (Å²) in [5, 5.41) is 9.00. The molecule has 21 heavy (non-hydrogen) atoms. The Morgan fingerprint density at radius 2 is 1.95 bits per heavy atom. The molecule has 1 aromatic carbocycles. The third kappa shape index (κ3) is 4.02. The third-order valence-corrected chi connectivity index (χ3v) is 4.66. The number of carbonyl (C=O) groups is 2. The summed E-state index contributed by atoms with van der Waals surface area (Å²) in [6, 6.07) is 3.98. The lowest BCUT2D eigenvalue weighted by atomic mass is 10.1. The van der Waals surface area contributed by atoms with E-state index in [0.29, 0.717) is 6.54 Å². The molecule has 0 radical (unpaired) electrons. The van der Waals surface area contributed by atoms with Crippen LogP contribution < -0.4 is 4.72 Å². The van der Waals surface area contributed by atoms with Gasteiger partial charge in [-0.2, -0.15) is 0 Å². The number of hydrogen-bond donors (Lipinski definition) is 2. The molecule has 116 valence electrons. The van der Waals surface area contributed by atoms with Gasteiger partial charge in [0, 0.05) is 13.6 Å². The highest BCUT2D eigenvalue weighted by Gasteiger charge is 2.21. The van der Waals surface area contributed by atoms with Crippen LogP contribution in [0.2, 0.25) is 0 Å². The Kier molecular flexibility index (Phi) is 5.45. The van der Waals surface area contributed by atoms with Gasteiger partial charge in [-0.15, -0.1) is 0 Å². The maximum absolute atomic E-state index is 12.2. The summed E-state index contributed by atoms with van der Waals surface area (Å²) in [5.41, 5.74) is 0.0451. The molecule has 1 amide bonds. The van der Waals surface area contributed by atoms with Gasteiger partial charge in [-0.3, -0.25) is 4.79 Å². The molecule has 0 saturated carbocycles. The number of carbonyl (C=O) groups excluding carboxylic acids is 1. The van der Waals surface area contributed by atoms with E-state index in [1.807, 2.05) is 0 Å². The van der Waals surface area contributed by atoms with Crippen LogP contribution in [0.1, 0.15) is 22.8 Å². The highest BCUT2D eigenvalue weighted by Crippen LogP contribution is 2.18. The molecule has 0 bridgehead atoms. The van der Waals surface area contributed by atoms with E-state index in [1.165, 1.54) is 30.0 Å². The normalized spacial score (nSPS) is 11.2. The molecule has 0 atom stereocenters. The Bertz CT molecular complexity index is 655. The van der Waals surface area contributed by atoms with Crippen LogP contribution in [0.15, 0.2) is 23.1 Å². The van der Waals surface area contributed by atoms with Crippen molar-refractivity contribution in [1.82, 2.24) is 9.62 Å². The molecular formula is C13H18N2O5S. The molecule has 0 unspecified atom stereocenters. The van der Waals surface area contributed by atoms with Crippen molar-refractivity contribution in [3.05, 3.63) is 29.3 Å². The minimum absolute atomic E-state index is 0.0881. The highest BCUT2D eigenvalue weighted by molar-refractivity contribution is 7.89. The van der Waals surface area contributed by atoms with Crippen molar-refractivity contribution >= 4 is 21.9 Å². The minimum atomic E-state index is -3.94. The first-order valence-electron chi connectivity index (χ1n) is 6.27. The molecule has 0 spiro atoms. The molecule has 0 saturated heterocycles. The molecule has 0 aromatic heterocycles. The lowest BCUT2D eigenvalue weighted by molar-refractivity contribution is -0.128. The van der Waals surface area contributed by atoms with E-state index in [2.05, 4.69) is 4.72 Å². The largest absolute Gasteiger partial charge is 0.478 e. The van der Waals surface area contributed by atoms with Crippen molar-refractivity contribution in [2.45, 2.75) is 18.7 Å². The zero-order chi connectivity index (χ0) is 16.2. The zero-order valence-corrected chi connectivity index (χ0v) is 12.9. The van der Waals surface area contributed by atoms with Crippen molar-refractivity contribution in [1.29, 1.82) is 0 Å². The summed E-state index contributed by atoms with van der Waals surface area (Å²) in [5.74, 6) is -1.57. The number of sulfonamides is 1. The molecule has 8 heteroatoms. The van der Waals surface area contributed by atoms with Crippen molar-refractivity contribution in [2.75, 3.05) is 20.1 Å². The minimum Gasteiger partial charge on any atom is -0.478 e. The number of nitrogens with zero attached hydrogens (tertiary/aromatic N) is 1. The second-order valence-corrected chi connectivity index (χ2v) is 6.20. The highest BCUT2D eigenvalue weighted by atomic mass is 32.2. The van der Waals surface area contributed by atoms with Gasteiger partial charge >= 0.3 is 5.97 Å². The smallest absolute Gasteiger partial charge is 0.335 e. The van der Waals surface area contributed by atoms with Crippen LogP contribution in [0.4, 0.5) is 0 Å². The van der Waals surface area contributed by atoms with Gasteiger partial charge in [-0.1, -0.05) is 6.07 Å². The molecule has 1 aromatic rings. The fourth-order valence-electron chi connectivity index (χ4n) is 1.68. The molecule has 2 N–H and O–H groups in total. The summed E-state index contributed by atoms with van der Waals surface area (Å²) in [6.07, 6.45) is 0. The Labute approximate surface area is 123 Å². The lowest BCUT2D eigenvalue weighted by Gasteiger charge is -2.15. The van der Waals surface area contributed by atoms with Crippen LogP contribution in [0.3, 0.4) is 0 Å². The molecular weight excluding hydrogens is 296 g/mol. The van der Waals surface area contributed by atoms with Gasteiger partial charge in [0.2, 0.25) is 15.9 Å². The molecule has 1 rings (SSSR count). The van der Waals surface area contributed by atoms with E-state index in [1.54, 1.807) is 14.0 Å². The van der Waals surface area contributed by atoms with E-state index in [-0.39, 0.29) is 28.5 Å². The maximum Gasteiger partial charge on any atom is 0.335 e. The van der Waals surface area contributed by atoms with Crippen LogP contribution in [0.5, 0.6) is 0 Å². The second-order valence-electron chi connectivity index (χ2n) is 4.47. The average molecular weight is 314 g/mol. The van der Waals surface area contributed by atoms with Crippen LogP contribution in [-0.4, -0.2) is 50.4 Å². The molecule has 7 nitrogen and oxygen atoms in total. The summed E-state index contributed by atoms with van der Waals surface area (Å²) < 4.78 is 26.5. The Morgan fingerprint density at radius 1 is 1.33 bits per heavy atom. The first-order chi connectivity index (χ1) is 9.70. The van der Waals surface area contributed by atoms with Gasteiger partial charge in [0.1, 0.15) is 0 Å². The molecule has 0 aliphatic carbocycles. The quantitative estimate of drug-likeness (QED) is 0.793. The topological polar surface area (TPSA) is 104 Å². The average Bonchev–Trinajstić information content (AvgIpc) is 2.43. The van der Waals surface area contributed by atoms with Crippen molar-refractivity contribution in [3.63, 3.8) is 0 Å². The fraction of sp³-hybridized carbons (Fsp3) is 0.385. The second kappa shape index (κ2) is 6.68. The van der Waals surface area contributed by atoms with Crippen LogP contribution in [0, 0.1) is 6.92 Å². The van der Waals surface area contributed by atoms with Gasteiger partial charge in [-0.05, 0) is 31.5 Å². The third-order valence-electron chi connectivity index (χ3n) is 3.12. The number of nitrogens with one attached hydrogen (secondary N) is 1. The molecule has 0 aliphatic heterocycles. The zero-order valence-electron chi connectivity index (χ0n) is 12.1. The number of hydrogen-bond acceptors (Lipinski definition) is 4. The number of amides is 1. The Balaban J connectivity index is 3.02. The van der Waals surface area contributed by atoms with E-state index >= 15 is 0 Å². The van der Waals surface area contributed by atoms with Crippen molar-refractivity contribution in [2.24, 2.45) is 0 Å². The molecule has 0 aliphatic rings. The van der Waals surface area contributed by atoms with E-state index < -0.39 is 16.0 Å². The summed E-state index contributed by atoms with van der Waals surface area (Å²) in [7, 11) is -2.38. The lowest BCUT2D eigenvalue weighted by Crippen LogP contribution is -2.38. The number of likely N-dealkylation sites (N-methyl/N-ethyl adjacent to an activating group) is 1. The predicted molar refractivity (Wildman–Crippen MR) is 76.6 cm³/mol. The van der Waals surface area contributed by atoms with Gasteiger partial charge in [-0.25, -0.2) is 17.9 Å². The maximum atomic E-state index is 12.2. The van der Waals surface area contributed by atoms with Gasteiger partial charge < -0.3 is 10.0 Å². The van der Waals surface area contributed by atoms with Gasteiger partial charge in [0.15, 0.2) is 0 Å². The summed E-state index contributed by atoms with van der Waals surface area (Å²) in [4.78, 5) is 23.9. The first kappa shape index (κ1) is 17.1. The Morgan fingerprint density at radius 3 is 2.48 bits per heavy atom. The molecule has 0 fully saturated rings. The van der Waals surface area contributed by atoms with E-state index in [9.17, 15) is 18.0 Å². The van der Waals surface area contributed by atoms with Crippen LogP contribution in [0.25, 0.3) is 0 Å². The number of aromatic carboxylic acids is 1. The van der Waals surface area contributed by atoms with Crippen LogP contribution in [-0.2, 0) is 14.8 Å². The fourth-order valence-corrected chi connectivity index (χ4v) is 2.92. The van der Waals surface area contributed by atoms with Crippen molar-refractivity contribution in [3.8, 4) is 0 Å². The predicted octanol–water partition coefficient (Wildman–Crippen LogP) is 0.450. The standard InChI is InChI=1S/C13H18N2O5S/c1-4-15(3)12(16)8-14-21(19,20)11-7-5-6-10(9(11)2)13(17)18/h5-7,14H,4,8H2,1-3H3,(H,17,18). The number of carboxylic acids is 1. The number of rotatable bonds is 6. The van der Waals surface area contributed by atoms with Gasteiger partial charge in [0.25, 0.3) is 0 Å². The van der Waals surface area contributed by atoms with E-state index in [4.69, 9.17) is 5.11 Å². The number of carboxylic acid groups (broad SMARTS) is 1. The van der Waals surface area contributed by atoms with E-state index in [0.717, 1.165) is 0 Å². The SMILES string of the molecule is CCN(C)C(=O)CNS(=O)(=O)c1cccc(C(=O)O)c1C. The van der Waals surface area contributed by atoms with Crippen LogP contribution >= 0.6 is 0 Å². The first-order valence-corrected chi connectivity index (χ1v) is 7.75. The monoisotopic (exact) mass is 314 g/mol. The number of benzene rings is 1. The Hall–Kier alpha value is -1.93. The van der Waals surface area contributed by atoms with Crippen molar-refractivity contribution < 1.29 is 23.1 Å². The summed E-state index contributed by atoms with van der Waals surface area (Å²) in [6.45, 7) is 3.28.